The number of rotatable bonds is 4. The van der Waals surface area contributed by atoms with Crippen LogP contribution in [-0.2, 0) is 19.7 Å². The lowest BCUT2D eigenvalue weighted by Crippen LogP contribution is -2.11. The van der Waals surface area contributed by atoms with Gasteiger partial charge in [0, 0.05) is 0 Å². The second-order valence-corrected chi connectivity index (χ2v) is 9.29. The predicted octanol–water partition coefficient (Wildman–Crippen LogP) is 2.47. The van der Waals surface area contributed by atoms with Crippen molar-refractivity contribution in [1.82, 2.24) is 0 Å². The number of phenolic OH excluding ortho intramolecular Hbond substituents is 3. The maximum absolute atomic E-state index is 13.0. The molecule has 9 heteroatoms. The predicted molar refractivity (Wildman–Crippen MR) is 95.2 cm³/mol. The van der Waals surface area contributed by atoms with Crippen LogP contribution in [0.3, 0.4) is 0 Å². The summed E-state index contributed by atoms with van der Waals surface area (Å²) in [5, 5.41) is 30.0. The van der Waals surface area contributed by atoms with Gasteiger partial charge in [0.2, 0.25) is 19.7 Å². The number of sulfone groups is 2. The number of hydrogen-bond donors (Lipinski definition) is 3. The van der Waals surface area contributed by atoms with E-state index in [1.54, 1.807) is 0 Å². The van der Waals surface area contributed by atoms with Crippen LogP contribution in [-0.4, -0.2) is 32.2 Å². The van der Waals surface area contributed by atoms with Crippen LogP contribution in [0.2, 0.25) is 0 Å². The Morgan fingerprint density at radius 1 is 0.481 bits per heavy atom. The monoisotopic (exact) mass is 406 g/mol. The first-order valence-electron chi connectivity index (χ1n) is 7.55. The quantitative estimate of drug-likeness (QED) is 0.607. The van der Waals surface area contributed by atoms with E-state index >= 15 is 0 Å². The minimum Gasteiger partial charge on any atom is -0.507 e. The molecule has 140 valence electrons. The van der Waals surface area contributed by atoms with Crippen molar-refractivity contribution in [2.75, 3.05) is 0 Å². The van der Waals surface area contributed by atoms with Crippen LogP contribution in [0.4, 0.5) is 0 Å². The normalized spacial score (nSPS) is 12.0. The smallest absolute Gasteiger partial charge is 0.215 e. The lowest BCUT2D eigenvalue weighted by molar-refractivity contribution is 0.447. The molecule has 0 aliphatic carbocycles. The van der Waals surface area contributed by atoms with E-state index in [4.69, 9.17) is 0 Å². The second-order valence-electron chi connectivity index (χ2n) is 5.55. The van der Waals surface area contributed by atoms with E-state index < -0.39 is 56.5 Å². The van der Waals surface area contributed by atoms with Gasteiger partial charge in [-0.2, -0.15) is 0 Å². The summed E-state index contributed by atoms with van der Waals surface area (Å²) in [4.78, 5) is -2.66. The van der Waals surface area contributed by atoms with Gasteiger partial charge in [-0.1, -0.05) is 30.3 Å². The molecule has 7 nitrogen and oxygen atoms in total. The van der Waals surface area contributed by atoms with Crippen molar-refractivity contribution in [3.8, 4) is 17.2 Å². The fourth-order valence-electron chi connectivity index (χ4n) is 2.58. The number of phenols is 3. The molecular weight excluding hydrogens is 392 g/mol. The summed E-state index contributed by atoms with van der Waals surface area (Å²) in [5.41, 5.74) is 0. The standard InChI is InChI=1S/C18H14O7S2/c19-12-6-1-3-9-15(12)26(22,23)17-11-5-8-14(21)18(17)27(24,25)16-10-4-2-7-13(16)20/h1-11,19-21H. The van der Waals surface area contributed by atoms with Gasteiger partial charge in [0.1, 0.15) is 31.9 Å². The Bertz CT molecular complexity index is 1230. The molecule has 0 spiro atoms. The molecule has 0 aliphatic rings. The molecule has 0 unspecified atom stereocenters. The highest BCUT2D eigenvalue weighted by atomic mass is 32.2. The van der Waals surface area contributed by atoms with Gasteiger partial charge in [0.25, 0.3) is 0 Å². The van der Waals surface area contributed by atoms with E-state index in [-0.39, 0.29) is 0 Å². The van der Waals surface area contributed by atoms with Crippen molar-refractivity contribution in [2.45, 2.75) is 19.6 Å². The summed E-state index contributed by atoms with van der Waals surface area (Å²) in [6.45, 7) is 0. The molecule has 0 radical (unpaired) electrons. The lowest BCUT2D eigenvalue weighted by atomic mass is 10.3. The molecule has 0 bridgehead atoms. The summed E-state index contributed by atoms with van der Waals surface area (Å²) < 4.78 is 52.0. The van der Waals surface area contributed by atoms with E-state index in [0.29, 0.717) is 0 Å². The molecule has 0 saturated carbocycles. The SMILES string of the molecule is O=S(=O)(c1ccccc1O)c1cccc(O)c1S(=O)(=O)c1ccccc1O. The number of para-hydroxylation sites is 2. The number of aromatic hydroxyl groups is 3. The Morgan fingerprint density at radius 2 is 0.889 bits per heavy atom. The molecule has 0 fully saturated rings. The minimum absolute atomic E-state index is 0.510. The Labute approximate surface area is 155 Å². The third-order valence-corrected chi connectivity index (χ3v) is 7.69. The van der Waals surface area contributed by atoms with E-state index in [2.05, 4.69) is 0 Å². The average Bonchev–Trinajstić information content (AvgIpc) is 2.61. The lowest BCUT2D eigenvalue weighted by Gasteiger charge is -2.14. The zero-order valence-electron chi connectivity index (χ0n) is 13.6. The van der Waals surface area contributed by atoms with Gasteiger partial charge in [-0.3, -0.25) is 0 Å². The van der Waals surface area contributed by atoms with Crippen molar-refractivity contribution in [3.05, 3.63) is 66.7 Å². The number of hydrogen-bond acceptors (Lipinski definition) is 7. The van der Waals surface area contributed by atoms with Gasteiger partial charge in [-0.15, -0.1) is 0 Å². The molecule has 0 aromatic heterocycles. The highest BCUT2D eigenvalue weighted by molar-refractivity contribution is 7.94. The van der Waals surface area contributed by atoms with E-state index in [9.17, 15) is 32.2 Å². The molecule has 3 N–H and O–H groups in total. The van der Waals surface area contributed by atoms with Gasteiger partial charge in [0.15, 0.2) is 0 Å². The van der Waals surface area contributed by atoms with Gasteiger partial charge in [-0.25, -0.2) is 16.8 Å². The third-order valence-electron chi connectivity index (χ3n) is 3.83. The van der Waals surface area contributed by atoms with E-state index in [0.717, 1.165) is 36.4 Å². The topological polar surface area (TPSA) is 129 Å². The third kappa shape index (κ3) is 3.11. The van der Waals surface area contributed by atoms with Crippen molar-refractivity contribution >= 4 is 19.7 Å². The van der Waals surface area contributed by atoms with Crippen LogP contribution >= 0.6 is 0 Å². The van der Waals surface area contributed by atoms with Crippen LogP contribution in [0.1, 0.15) is 0 Å². The molecule has 27 heavy (non-hydrogen) atoms. The minimum atomic E-state index is -4.60. The van der Waals surface area contributed by atoms with Crippen LogP contribution in [0, 0.1) is 0 Å². The summed E-state index contributed by atoms with van der Waals surface area (Å²) in [6.07, 6.45) is 0. The molecule has 3 aromatic carbocycles. The van der Waals surface area contributed by atoms with Gasteiger partial charge < -0.3 is 15.3 Å². The van der Waals surface area contributed by atoms with Gasteiger partial charge >= 0.3 is 0 Å². The van der Waals surface area contributed by atoms with Gasteiger partial charge in [-0.05, 0) is 36.4 Å². The second kappa shape index (κ2) is 6.60. The van der Waals surface area contributed by atoms with Crippen LogP contribution in [0.5, 0.6) is 17.2 Å². The Hall–Kier alpha value is -3.04. The van der Waals surface area contributed by atoms with Crippen molar-refractivity contribution in [3.63, 3.8) is 0 Å². The van der Waals surface area contributed by atoms with Crippen molar-refractivity contribution < 1.29 is 32.2 Å². The first-order valence-corrected chi connectivity index (χ1v) is 10.5. The highest BCUT2D eigenvalue weighted by Gasteiger charge is 2.34. The highest BCUT2D eigenvalue weighted by Crippen LogP contribution is 2.40. The molecule has 0 heterocycles. The summed E-state index contributed by atoms with van der Waals surface area (Å²) in [7, 11) is -9.09. The van der Waals surface area contributed by atoms with Gasteiger partial charge in [0.05, 0.1) is 4.90 Å². The molecule has 0 aliphatic heterocycles. The Morgan fingerprint density at radius 3 is 1.41 bits per heavy atom. The summed E-state index contributed by atoms with van der Waals surface area (Å²) in [5.74, 6) is -1.95. The van der Waals surface area contributed by atoms with Crippen LogP contribution in [0.25, 0.3) is 0 Å². The molecule has 0 amide bonds. The van der Waals surface area contributed by atoms with Crippen LogP contribution < -0.4 is 0 Å². The fraction of sp³-hybridized carbons (Fsp3) is 0. The molecule has 0 atom stereocenters. The van der Waals surface area contributed by atoms with Crippen LogP contribution in [0.15, 0.2) is 86.3 Å². The first kappa shape index (κ1) is 18.7. The van der Waals surface area contributed by atoms with Crippen molar-refractivity contribution in [1.29, 1.82) is 0 Å². The average molecular weight is 406 g/mol. The maximum atomic E-state index is 13.0. The zero-order chi connectivity index (χ0) is 19.8. The van der Waals surface area contributed by atoms with E-state index in [1.165, 1.54) is 30.3 Å². The Kier molecular flexibility index (Phi) is 4.58. The molecule has 3 aromatic rings. The fourth-order valence-corrected chi connectivity index (χ4v) is 6.18. The Balaban J connectivity index is 2.36. The molecule has 3 rings (SSSR count). The largest absolute Gasteiger partial charge is 0.507 e. The summed E-state index contributed by atoms with van der Waals surface area (Å²) >= 11 is 0. The maximum Gasteiger partial charge on any atom is 0.215 e. The zero-order valence-corrected chi connectivity index (χ0v) is 15.3. The first-order chi connectivity index (χ1) is 12.7. The number of benzene rings is 3. The summed E-state index contributed by atoms with van der Waals surface area (Å²) in [6, 6.07) is 13.2. The van der Waals surface area contributed by atoms with Crippen molar-refractivity contribution in [2.24, 2.45) is 0 Å². The van der Waals surface area contributed by atoms with E-state index in [1.807, 2.05) is 0 Å². The molecule has 0 saturated heterocycles. The molecular formula is C18H14O7S2.